The lowest BCUT2D eigenvalue weighted by Crippen LogP contribution is -2.58. The van der Waals surface area contributed by atoms with Gasteiger partial charge in [-0.15, -0.1) is 0 Å². The highest BCUT2D eigenvalue weighted by atomic mass is 16.5. The number of carbonyl (C=O) groups excluding carboxylic acids is 1. The first-order valence-electron chi connectivity index (χ1n) is 14.9. The third kappa shape index (κ3) is 3.17. The van der Waals surface area contributed by atoms with Gasteiger partial charge in [0.05, 0.1) is 18.1 Å². The van der Waals surface area contributed by atoms with Crippen LogP contribution in [0.15, 0.2) is 18.2 Å². The van der Waals surface area contributed by atoms with E-state index in [0.717, 1.165) is 24.9 Å². The summed E-state index contributed by atoms with van der Waals surface area (Å²) >= 11 is 0. The van der Waals surface area contributed by atoms with Gasteiger partial charge in [-0.2, -0.15) is 0 Å². The second-order valence-corrected chi connectivity index (χ2v) is 13.9. The molecule has 5 heteroatoms. The number of carbonyl (C=O) groups is 1. The van der Waals surface area contributed by atoms with Crippen LogP contribution in [0, 0.1) is 39.9 Å². The molecule has 0 aliphatic heterocycles. The van der Waals surface area contributed by atoms with Crippen molar-refractivity contribution in [2.75, 3.05) is 19.0 Å². The van der Waals surface area contributed by atoms with Crippen molar-refractivity contribution in [3.05, 3.63) is 29.3 Å². The molecular weight excluding hydrogens is 462 g/mol. The number of hydrogen-bond acceptors (Lipinski definition) is 5. The fourth-order valence-corrected chi connectivity index (χ4v) is 11.1. The minimum absolute atomic E-state index is 0.0278. The van der Waals surface area contributed by atoms with E-state index < -0.39 is 5.60 Å². The maximum Gasteiger partial charge on any atom is 0.141 e. The van der Waals surface area contributed by atoms with Crippen molar-refractivity contribution in [2.24, 2.45) is 39.9 Å². The number of rotatable bonds is 7. The molecule has 5 saturated carbocycles. The number of aliphatic hydroxyl groups is 2. The Morgan fingerprint density at radius 2 is 1.95 bits per heavy atom. The number of fused-ring (bicyclic) bond motifs is 2. The summed E-state index contributed by atoms with van der Waals surface area (Å²) in [5, 5.41) is 25.6. The Kier molecular flexibility index (Phi) is 5.96. The van der Waals surface area contributed by atoms with E-state index in [0.29, 0.717) is 30.7 Å². The minimum Gasteiger partial charge on any atom is -0.392 e. The summed E-state index contributed by atoms with van der Waals surface area (Å²) in [6.45, 7) is 9.37. The molecule has 0 radical (unpaired) electrons. The zero-order valence-corrected chi connectivity index (χ0v) is 23.5. The number of hydrogen-bond donors (Lipinski definition) is 3. The molecule has 1 aromatic carbocycles. The van der Waals surface area contributed by atoms with Crippen molar-refractivity contribution < 1.29 is 19.7 Å². The topological polar surface area (TPSA) is 78.8 Å². The van der Waals surface area contributed by atoms with E-state index in [1.165, 1.54) is 43.2 Å². The molecule has 0 aromatic heterocycles. The van der Waals surface area contributed by atoms with Crippen molar-refractivity contribution in [1.82, 2.24) is 0 Å². The number of aliphatic hydroxyl groups excluding tert-OH is 1. The Hall–Kier alpha value is -1.43. The smallest absolute Gasteiger partial charge is 0.141 e. The number of aryl methyl sites for hydroxylation is 1. The molecule has 5 nitrogen and oxygen atoms in total. The maximum absolute atomic E-state index is 13.4. The fourth-order valence-electron chi connectivity index (χ4n) is 11.1. The number of benzene rings is 1. The van der Waals surface area contributed by atoms with Gasteiger partial charge in [-0.25, -0.2) is 0 Å². The van der Waals surface area contributed by atoms with Gasteiger partial charge in [0.25, 0.3) is 0 Å². The molecule has 5 fully saturated rings. The summed E-state index contributed by atoms with van der Waals surface area (Å²) in [5.74, 6) is 1.49. The first kappa shape index (κ1) is 25.8. The molecule has 5 aliphatic rings. The summed E-state index contributed by atoms with van der Waals surface area (Å²) in [7, 11) is 1.68. The molecule has 1 spiro atoms. The summed E-state index contributed by atoms with van der Waals surface area (Å²) < 4.78 is 5.83. The molecular formula is C32H47NO4. The summed E-state index contributed by atoms with van der Waals surface area (Å²) in [6, 6.07) is 6.86. The Morgan fingerprint density at radius 3 is 2.65 bits per heavy atom. The zero-order chi connectivity index (χ0) is 26.4. The van der Waals surface area contributed by atoms with Crippen LogP contribution in [0.3, 0.4) is 0 Å². The van der Waals surface area contributed by atoms with E-state index in [1.807, 2.05) is 6.92 Å². The zero-order valence-electron chi connectivity index (χ0n) is 23.5. The average molecular weight is 510 g/mol. The molecule has 0 heterocycles. The first-order chi connectivity index (χ1) is 17.5. The normalized spacial score (nSPS) is 46.6. The predicted octanol–water partition coefficient (Wildman–Crippen LogP) is 5.16. The van der Waals surface area contributed by atoms with E-state index >= 15 is 0 Å². The van der Waals surface area contributed by atoms with Gasteiger partial charge in [-0.1, -0.05) is 32.9 Å². The maximum atomic E-state index is 13.4. The Bertz CT molecular complexity index is 1090. The molecule has 204 valence electrons. The van der Waals surface area contributed by atoms with Crippen LogP contribution in [0.5, 0.6) is 0 Å². The van der Waals surface area contributed by atoms with Gasteiger partial charge >= 0.3 is 0 Å². The van der Waals surface area contributed by atoms with Gasteiger partial charge in [0.15, 0.2) is 0 Å². The van der Waals surface area contributed by atoms with Gasteiger partial charge in [-0.05, 0) is 104 Å². The van der Waals surface area contributed by atoms with Crippen LogP contribution in [-0.2, 0) is 22.4 Å². The minimum atomic E-state index is -1.02. The Balaban J connectivity index is 1.28. The third-order valence-electron chi connectivity index (χ3n) is 12.7. The van der Waals surface area contributed by atoms with Crippen LogP contribution < -0.4 is 5.32 Å². The first-order valence-corrected chi connectivity index (χ1v) is 14.9. The lowest BCUT2D eigenvalue weighted by molar-refractivity contribution is -0.186. The standard InChI is InChI=1S/C32H47NO4/c1-6-22-8-7-20(14-24(22)33-18-19(2)34)13-21-9-11-31(16-21)12-10-23-17-29(3)30(31,4)27(23)28-25(35)15-26(37-5)32(28,29)36/h7-8,14,19,21,23,26-28,33-34,36H,6,9-13,15-18H2,1-5H3/t19-,21-,23+,26+,27-,28+,29+,30-,31+,32+/m0/s1. The van der Waals surface area contributed by atoms with Crippen LogP contribution in [0.4, 0.5) is 5.69 Å². The number of ether oxygens (including phenoxy) is 1. The Labute approximate surface area is 222 Å². The number of methoxy groups -OCH3 is 1. The van der Waals surface area contributed by atoms with E-state index in [4.69, 9.17) is 4.74 Å². The monoisotopic (exact) mass is 509 g/mol. The van der Waals surface area contributed by atoms with Gasteiger partial charge in [0.1, 0.15) is 11.4 Å². The molecule has 6 rings (SSSR count). The highest BCUT2D eigenvalue weighted by Crippen LogP contribution is 2.85. The largest absolute Gasteiger partial charge is 0.392 e. The average Bonchev–Trinajstić information content (AvgIpc) is 3.49. The molecule has 0 amide bonds. The van der Waals surface area contributed by atoms with Gasteiger partial charge in [0, 0.05) is 31.2 Å². The second-order valence-electron chi connectivity index (χ2n) is 13.9. The number of ketones is 1. The number of nitrogens with one attached hydrogen (secondary N) is 1. The summed E-state index contributed by atoms with van der Waals surface area (Å²) in [6.07, 6.45) is 8.80. The van der Waals surface area contributed by atoms with E-state index in [9.17, 15) is 15.0 Å². The van der Waals surface area contributed by atoms with E-state index in [-0.39, 0.29) is 40.2 Å². The molecule has 5 aliphatic carbocycles. The Morgan fingerprint density at radius 1 is 1.19 bits per heavy atom. The van der Waals surface area contributed by atoms with Crippen molar-refractivity contribution in [2.45, 2.75) is 103 Å². The van der Waals surface area contributed by atoms with Crippen LogP contribution in [0.1, 0.15) is 83.8 Å². The van der Waals surface area contributed by atoms with Crippen molar-refractivity contribution >= 4 is 11.5 Å². The second kappa shape index (κ2) is 8.53. The molecule has 0 unspecified atom stereocenters. The highest BCUT2D eigenvalue weighted by molar-refractivity contribution is 5.88. The van der Waals surface area contributed by atoms with Crippen molar-refractivity contribution in [3.8, 4) is 0 Å². The van der Waals surface area contributed by atoms with E-state index in [2.05, 4.69) is 44.3 Å². The summed E-state index contributed by atoms with van der Waals surface area (Å²) in [5.41, 5.74) is 2.69. The van der Waals surface area contributed by atoms with Crippen LogP contribution in [0.25, 0.3) is 0 Å². The molecule has 4 bridgehead atoms. The highest BCUT2D eigenvalue weighted by Gasteiger charge is 2.87. The third-order valence-corrected chi connectivity index (χ3v) is 12.7. The van der Waals surface area contributed by atoms with Crippen LogP contribution >= 0.6 is 0 Å². The van der Waals surface area contributed by atoms with Gasteiger partial charge in [-0.3, -0.25) is 4.79 Å². The van der Waals surface area contributed by atoms with Crippen LogP contribution in [-0.4, -0.2) is 47.5 Å². The predicted molar refractivity (Wildman–Crippen MR) is 145 cm³/mol. The van der Waals surface area contributed by atoms with Gasteiger partial charge in [0.2, 0.25) is 0 Å². The SMILES string of the molecule is CCc1ccc(C[C@@H]2CC[C@@]3(CC[C@@H]4C[C@@]5(C)[C@]6(O)[C@H](C(=O)C[C@H]6OC)[C@H]4[C@]35C)C2)cc1NC[C@H](C)O. The van der Waals surface area contributed by atoms with Crippen molar-refractivity contribution in [1.29, 1.82) is 0 Å². The molecule has 10 atom stereocenters. The molecule has 3 N–H and O–H groups in total. The lowest BCUT2D eigenvalue weighted by atomic mass is 9.48. The van der Waals surface area contributed by atoms with Crippen molar-refractivity contribution in [3.63, 3.8) is 0 Å². The quantitative estimate of drug-likeness (QED) is 0.473. The summed E-state index contributed by atoms with van der Waals surface area (Å²) in [4.78, 5) is 13.4. The van der Waals surface area contributed by atoms with E-state index in [1.54, 1.807) is 7.11 Å². The molecule has 0 saturated heterocycles. The fraction of sp³-hybridized carbons (Fsp3) is 0.781. The van der Waals surface area contributed by atoms with Crippen LogP contribution in [0.2, 0.25) is 0 Å². The lowest BCUT2D eigenvalue weighted by Gasteiger charge is -2.57. The molecule has 1 aromatic rings. The van der Waals surface area contributed by atoms with Gasteiger partial charge < -0.3 is 20.3 Å². The number of anilines is 1. The molecule has 37 heavy (non-hydrogen) atoms. The number of Topliss-reactive ketones (excluding diaryl/α,β-unsaturated/α-hetero) is 1.